The van der Waals surface area contributed by atoms with E-state index in [4.69, 9.17) is 4.74 Å². The maximum absolute atomic E-state index is 10.3. The zero-order chi connectivity index (χ0) is 10.9. The van der Waals surface area contributed by atoms with E-state index in [9.17, 15) is 5.11 Å². The van der Waals surface area contributed by atoms with Crippen molar-refractivity contribution in [2.45, 2.75) is 50.7 Å². The van der Waals surface area contributed by atoms with E-state index < -0.39 is 5.60 Å². The van der Waals surface area contributed by atoms with Gasteiger partial charge >= 0.3 is 0 Å². The van der Waals surface area contributed by atoms with Gasteiger partial charge in [0.05, 0.1) is 17.8 Å². The monoisotopic (exact) mass is 213 g/mol. The summed E-state index contributed by atoms with van der Waals surface area (Å²) >= 11 is 0. The summed E-state index contributed by atoms with van der Waals surface area (Å²) in [4.78, 5) is 2.36. The lowest BCUT2D eigenvalue weighted by molar-refractivity contribution is -0.105. The fourth-order valence-corrected chi connectivity index (χ4v) is 2.86. The van der Waals surface area contributed by atoms with Crippen LogP contribution < -0.4 is 0 Å². The van der Waals surface area contributed by atoms with Crippen LogP contribution in [0.1, 0.15) is 39.5 Å². The smallest absolute Gasteiger partial charge is 0.0774 e. The van der Waals surface area contributed by atoms with Crippen LogP contribution in [0.3, 0.4) is 0 Å². The van der Waals surface area contributed by atoms with Crippen molar-refractivity contribution in [2.24, 2.45) is 0 Å². The molecule has 1 saturated heterocycles. The molecular weight excluding hydrogens is 190 g/mol. The van der Waals surface area contributed by atoms with Gasteiger partial charge in [-0.25, -0.2) is 0 Å². The highest BCUT2D eigenvalue weighted by molar-refractivity contribution is 4.90. The molecule has 88 valence electrons. The minimum Gasteiger partial charge on any atom is -0.389 e. The number of morpholine rings is 1. The molecule has 3 nitrogen and oxygen atoms in total. The third-order valence-electron chi connectivity index (χ3n) is 3.56. The van der Waals surface area contributed by atoms with Crippen molar-refractivity contribution in [1.82, 2.24) is 4.90 Å². The molecular formula is C12H23NO2. The standard InChI is InChI=1S/C12H23NO2/c1-11(2)9-13(7-8-15-11)10-12(14)5-3-4-6-12/h14H,3-10H2,1-2H3. The number of nitrogens with zero attached hydrogens (tertiary/aromatic N) is 1. The third-order valence-corrected chi connectivity index (χ3v) is 3.56. The molecule has 2 fully saturated rings. The lowest BCUT2D eigenvalue weighted by Crippen LogP contribution is -2.52. The molecule has 3 heteroatoms. The highest BCUT2D eigenvalue weighted by Gasteiger charge is 2.36. The maximum atomic E-state index is 10.3. The molecule has 0 bridgehead atoms. The maximum Gasteiger partial charge on any atom is 0.0774 e. The first-order chi connectivity index (χ1) is 6.99. The molecule has 2 aliphatic rings. The summed E-state index contributed by atoms with van der Waals surface area (Å²) in [6, 6.07) is 0. The second kappa shape index (κ2) is 4.04. The van der Waals surface area contributed by atoms with Gasteiger partial charge in [-0.3, -0.25) is 4.90 Å². The Bertz CT molecular complexity index is 222. The Kier molecular flexibility index (Phi) is 3.06. The molecule has 15 heavy (non-hydrogen) atoms. The van der Waals surface area contributed by atoms with Gasteiger partial charge in [-0.2, -0.15) is 0 Å². The van der Waals surface area contributed by atoms with Crippen LogP contribution in [0.25, 0.3) is 0 Å². The topological polar surface area (TPSA) is 32.7 Å². The van der Waals surface area contributed by atoms with Gasteiger partial charge in [-0.15, -0.1) is 0 Å². The molecule has 0 atom stereocenters. The van der Waals surface area contributed by atoms with Crippen molar-refractivity contribution in [3.8, 4) is 0 Å². The Morgan fingerprint density at radius 3 is 2.53 bits per heavy atom. The molecule has 1 aliphatic heterocycles. The molecule has 0 spiro atoms. The molecule has 2 rings (SSSR count). The van der Waals surface area contributed by atoms with Crippen LogP contribution in [0.2, 0.25) is 0 Å². The molecule has 1 N–H and O–H groups in total. The summed E-state index contributed by atoms with van der Waals surface area (Å²) in [5.41, 5.74) is -0.458. The number of rotatable bonds is 2. The molecule has 0 aromatic carbocycles. The van der Waals surface area contributed by atoms with Crippen molar-refractivity contribution < 1.29 is 9.84 Å². The normalized spacial score (nSPS) is 30.6. The fourth-order valence-electron chi connectivity index (χ4n) is 2.86. The average Bonchev–Trinajstić information content (AvgIpc) is 2.49. The van der Waals surface area contributed by atoms with Crippen molar-refractivity contribution in [1.29, 1.82) is 0 Å². The van der Waals surface area contributed by atoms with Gasteiger partial charge in [0.15, 0.2) is 0 Å². The van der Waals surface area contributed by atoms with Crippen molar-refractivity contribution in [3.63, 3.8) is 0 Å². The minimum absolute atomic E-state index is 0.0484. The Morgan fingerprint density at radius 1 is 1.27 bits per heavy atom. The third kappa shape index (κ3) is 2.92. The summed E-state index contributed by atoms with van der Waals surface area (Å²) in [5, 5.41) is 10.3. The van der Waals surface area contributed by atoms with Crippen LogP contribution in [0.4, 0.5) is 0 Å². The van der Waals surface area contributed by atoms with Gasteiger partial charge in [0.1, 0.15) is 0 Å². The van der Waals surface area contributed by atoms with E-state index in [1.54, 1.807) is 0 Å². The van der Waals surface area contributed by atoms with Gasteiger partial charge in [-0.1, -0.05) is 12.8 Å². The van der Waals surface area contributed by atoms with Gasteiger partial charge in [0.25, 0.3) is 0 Å². The first-order valence-corrected chi connectivity index (χ1v) is 6.08. The van der Waals surface area contributed by atoms with Gasteiger partial charge < -0.3 is 9.84 Å². The molecule has 1 aliphatic carbocycles. The highest BCUT2D eigenvalue weighted by atomic mass is 16.5. The first-order valence-electron chi connectivity index (χ1n) is 6.08. The van der Waals surface area contributed by atoms with Crippen molar-refractivity contribution in [3.05, 3.63) is 0 Å². The van der Waals surface area contributed by atoms with E-state index >= 15 is 0 Å². The SMILES string of the molecule is CC1(C)CN(CC2(O)CCCC2)CCO1. The number of aliphatic hydroxyl groups is 1. The van der Waals surface area contributed by atoms with Gasteiger partial charge in [-0.05, 0) is 26.7 Å². The number of β-amino-alcohol motifs (C(OH)–C–C–N with tert-alkyl or cyclic N) is 1. The average molecular weight is 213 g/mol. The van der Waals surface area contributed by atoms with E-state index in [-0.39, 0.29) is 5.60 Å². The molecule has 0 radical (unpaired) electrons. The summed E-state index contributed by atoms with van der Waals surface area (Å²) in [6.45, 7) is 7.78. The molecule has 0 aromatic heterocycles. The Morgan fingerprint density at radius 2 is 1.93 bits per heavy atom. The molecule has 1 saturated carbocycles. The molecule has 0 aromatic rings. The Hall–Kier alpha value is -0.120. The number of hydrogen-bond donors (Lipinski definition) is 1. The Labute approximate surface area is 92.4 Å². The summed E-state index contributed by atoms with van der Waals surface area (Å²) < 4.78 is 5.67. The Balaban J connectivity index is 1.88. The van der Waals surface area contributed by atoms with Crippen LogP contribution in [0.15, 0.2) is 0 Å². The second-order valence-corrected chi connectivity index (χ2v) is 5.75. The van der Waals surface area contributed by atoms with Gasteiger partial charge in [0, 0.05) is 19.6 Å². The quantitative estimate of drug-likeness (QED) is 0.752. The van der Waals surface area contributed by atoms with Gasteiger partial charge in [0.2, 0.25) is 0 Å². The molecule has 0 amide bonds. The van der Waals surface area contributed by atoms with E-state index in [2.05, 4.69) is 18.7 Å². The lowest BCUT2D eigenvalue weighted by atomic mass is 9.99. The van der Waals surface area contributed by atoms with Crippen molar-refractivity contribution in [2.75, 3.05) is 26.2 Å². The number of ether oxygens (including phenoxy) is 1. The van der Waals surface area contributed by atoms with Crippen LogP contribution in [-0.4, -0.2) is 47.4 Å². The molecule has 0 unspecified atom stereocenters. The van der Waals surface area contributed by atoms with E-state index in [1.807, 2.05) is 0 Å². The predicted molar refractivity (Wildman–Crippen MR) is 59.9 cm³/mol. The lowest BCUT2D eigenvalue weighted by Gasteiger charge is -2.41. The zero-order valence-corrected chi connectivity index (χ0v) is 9.96. The predicted octanol–water partition coefficient (Wildman–Crippen LogP) is 1.40. The second-order valence-electron chi connectivity index (χ2n) is 5.75. The van der Waals surface area contributed by atoms with Crippen LogP contribution >= 0.6 is 0 Å². The van der Waals surface area contributed by atoms with Crippen LogP contribution in [-0.2, 0) is 4.74 Å². The van der Waals surface area contributed by atoms with E-state index in [0.29, 0.717) is 0 Å². The fraction of sp³-hybridized carbons (Fsp3) is 1.00. The van der Waals surface area contributed by atoms with Crippen molar-refractivity contribution >= 4 is 0 Å². The zero-order valence-electron chi connectivity index (χ0n) is 9.96. The summed E-state index contributed by atoms with van der Waals surface area (Å²) in [6.07, 6.45) is 4.32. The van der Waals surface area contributed by atoms with Crippen LogP contribution in [0, 0.1) is 0 Å². The molecule has 1 heterocycles. The number of hydrogen-bond acceptors (Lipinski definition) is 3. The summed E-state index contributed by atoms with van der Waals surface area (Å²) in [5.74, 6) is 0. The minimum atomic E-state index is -0.409. The first kappa shape index (κ1) is 11.4. The largest absolute Gasteiger partial charge is 0.389 e. The van der Waals surface area contributed by atoms with E-state index in [0.717, 1.165) is 39.1 Å². The highest BCUT2D eigenvalue weighted by Crippen LogP contribution is 2.31. The van der Waals surface area contributed by atoms with Crippen LogP contribution in [0.5, 0.6) is 0 Å². The summed E-state index contributed by atoms with van der Waals surface area (Å²) in [7, 11) is 0. The van der Waals surface area contributed by atoms with E-state index in [1.165, 1.54) is 12.8 Å².